The Bertz CT molecular complexity index is 335. The van der Waals surface area contributed by atoms with Crippen molar-refractivity contribution < 1.29 is 14.4 Å². The molecule has 1 rings (SSSR count). The molecule has 14 heavy (non-hydrogen) atoms. The van der Waals surface area contributed by atoms with Gasteiger partial charge in [-0.1, -0.05) is 18.2 Å². The molecule has 0 bridgehead atoms. The second-order valence-corrected chi connectivity index (χ2v) is 2.41. The van der Waals surface area contributed by atoms with Gasteiger partial charge in [-0.25, -0.2) is 4.79 Å². The number of ether oxygens (including phenoxy) is 1. The topological polar surface area (TPSA) is 64.7 Å². The third kappa shape index (κ3) is 2.85. The van der Waals surface area contributed by atoms with Crippen LogP contribution in [0.2, 0.25) is 0 Å². The van der Waals surface area contributed by atoms with E-state index in [-0.39, 0.29) is 11.5 Å². The van der Waals surface area contributed by atoms with Crippen molar-refractivity contribution in [2.75, 3.05) is 6.61 Å². The van der Waals surface area contributed by atoms with Gasteiger partial charge in [0.25, 0.3) is 0 Å². The monoisotopic (exact) mass is 194 g/mol. The molecule has 0 aliphatic rings. The molecule has 1 amide bonds. The summed E-state index contributed by atoms with van der Waals surface area (Å²) >= 11 is 0. The van der Waals surface area contributed by atoms with E-state index in [0.29, 0.717) is 5.69 Å². The minimum Gasteiger partial charge on any atom is -0.594 e. The quantitative estimate of drug-likeness (QED) is 0.412. The summed E-state index contributed by atoms with van der Waals surface area (Å²) in [5, 5.41) is 14.3. The van der Waals surface area contributed by atoms with Crippen LogP contribution in [0, 0.1) is 5.21 Å². The van der Waals surface area contributed by atoms with Crippen molar-refractivity contribution >= 4 is 11.8 Å². The Hall–Kier alpha value is -1.91. The van der Waals surface area contributed by atoms with E-state index >= 15 is 0 Å². The van der Waals surface area contributed by atoms with Gasteiger partial charge < -0.3 is 9.94 Å². The summed E-state index contributed by atoms with van der Waals surface area (Å²) in [5.41, 5.74) is 0.292. The Morgan fingerprint density at radius 1 is 1.50 bits per heavy atom. The SMILES string of the molecule is CCOC(=O)N=[N+]([O-])c1ccccc1. The summed E-state index contributed by atoms with van der Waals surface area (Å²) in [6, 6.07) is 8.23. The van der Waals surface area contributed by atoms with E-state index in [2.05, 4.69) is 9.85 Å². The molecule has 0 N–H and O–H groups in total. The van der Waals surface area contributed by atoms with E-state index < -0.39 is 6.09 Å². The van der Waals surface area contributed by atoms with E-state index in [0.717, 1.165) is 0 Å². The zero-order valence-corrected chi connectivity index (χ0v) is 7.71. The zero-order chi connectivity index (χ0) is 10.4. The van der Waals surface area contributed by atoms with Gasteiger partial charge in [-0.2, -0.15) is 0 Å². The van der Waals surface area contributed by atoms with Crippen LogP contribution in [0.1, 0.15) is 6.92 Å². The van der Waals surface area contributed by atoms with Crippen LogP contribution in [0.15, 0.2) is 35.4 Å². The maximum Gasteiger partial charge on any atom is 0.492 e. The molecule has 0 fully saturated rings. The van der Waals surface area contributed by atoms with Gasteiger partial charge in [0.2, 0.25) is 5.69 Å². The molecular weight excluding hydrogens is 184 g/mol. The summed E-state index contributed by atoms with van der Waals surface area (Å²) in [5.74, 6) is 0. The lowest BCUT2D eigenvalue weighted by atomic mass is 10.3. The molecular formula is C9H10N2O3. The van der Waals surface area contributed by atoms with Crippen LogP contribution in [-0.2, 0) is 4.74 Å². The van der Waals surface area contributed by atoms with Gasteiger partial charge in [0.05, 0.1) is 11.7 Å². The molecule has 0 aliphatic carbocycles. The van der Waals surface area contributed by atoms with Crippen molar-refractivity contribution in [2.45, 2.75) is 6.92 Å². The molecule has 0 saturated heterocycles. The van der Waals surface area contributed by atoms with Crippen molar-refractivity contribution in [1.29, 1.82) is 0 Å². The van der Waals surface area contributed by atoms with Crippen LogP contribution in [0.25, 0.3) is 0 Å². The van der Waals surface area contributed by atoms with Crippen LogP contribution in [-0.4, -0.2) is 17.6 Å². The van der Waals surface area contributed by atoms with Crippen LogP contribution >= 0.6 is 0 Å². The average molecular weight is 194 g/mol. The summed E-state index contributed by atoms with van der Waals surface area (Å²) in [7, 11) is 0. The van der Waals surface area contributed by atoms with Gasteiger partial charge in [0.1, 0.15) is 0 Å². The third-order valence-electron chi connectivity index (χ3n) is 1.42. The standard InChI is InChI=1S/C9H10N2O3/c1-2-14-9(12)10-11(13)8-6-4-3-5-7-8/h3-7H,2H2,1H3. The summed E-state index contributed by atoms with van der Waals surface area (Å²) in [4.78, 5) is 11.0. The molecule has 0 radical (unpaired) electrons. The smallest absolute Gasteiger partial charge is 0.492 e. The summed E-state index contributed by atoms with van der Waals surface area (Å²) in [6.07, 6.45) is -0.883. The van der Waals surface area contributed by atoms with Gasteiger partial charge in [-0.15, -0.1) is 0 Å². The van der Waals surface area contributed by atoms with Crippen molar-refractivity contribution in [3.8, 4) is 0 Å². The molecule has 5 nitrogen and oxygen atoms in total. The lowest BCUT2D eigenvalue weighted by Gasteiger charge is -1.98. The first-order valence-electron chi connectivity index (χ1n) is 4.14. The lowest BCUT2D eigenvalue weighted by molar-refractivity contribution is -0.436. The maximum absolute atomic E-state index is 11.2. The predicted octanol–water partition coefficient (Wildman–Crippen LogP) is 2.44. The maximum atomic E-state index is 11.2. The first kappa shape index (κ1) is 10.2. The molecule has 0 saturated carbocycles. The Labute approximate surface area is 81.2 Å². The molecule has 1 aromatic carbocycles. The number of carbonyl (C=O) groups is 1. The van der Waals surface area contributed by atoms with Crippen molar-refractivity contribution in [1.82, 2.24) is 0 Å². The third-order valence-corrected chi connectivity index (χ3v) is 1.42. The number of rotatable bonds is 2. The summed E-state index contributed by atoms with van der Waals surface area (Å²) < 4.78 is 4.49. The molecule has 74 valence electrons. The fraction of sp³-hybridized carbons (Fsp3) is 0.222. The predicted molar refractivity (Wildman–Crippen MR) is 49.2 cm³/mol. The number of carbonyl (C=O) groups excluding carboxylic acids is 1. The number of para-hydroxylation sites is 1. The average Bonchev–Trinajstić information content (AvgIpc) is 2.19. The Morgan fingerprint density at radius 3 is 2.71 bits per heavy atom. The zero-order valence-electron chi connectivity index (χ0n) is 7.71. The highest BCUT2D eigenvalue weighted by Crippen LogP contribution is 2.09. The highest BCUT2D eigenvalue weighted by Gasteiger charge is 2.07. The minimum absolute atomic E-state index is 0.199. The normalized spacial score (nSPS) is 11.1. The molecule has 0 aliphatic heterocycles. The number of nitrogens with zero attached hydrogens (tertiary/aromatic N) is 2. The highest BCUT2D eigenvalue weighted by molar-refractivity contribution is 5.66. The van der Waals surface area contributed by atoms with Crippen molar-refractivity contribution in [3.05, 3.63) is 35.5 Å². The molecule has 0 aromatic heterocycles. The Morgan fingerprint density at radius 2 is 2.14 bits per heavy atom. The number of azo groups is 1. The van der Waals surface area contributed by atoms with E-state index in [9.17, 15) is 10.0 Å². The molecule has 0 atom stereocenters. The van der Waals surface area contributed by atoms with E-state index in [4.69, 9.17) is 0 Å². The van der Waals surface area contributed by atoms with E-state index in [1.54, 1.807) is 37.3 Å². The minimum atomic E-state index is -0.883. The second-order valence-electron chi connectivity index (χ2n) is 2.41. The number of hydrogen-bond donors (Lipinski definition) is 0. The van der Waals surface area contributed by atoms with Crippen molar-refractivity contribution in [2.24, 2.45) is 5.11 Å². The number of benzene rings is 1. The van der Waals surface area contributed by atoms with Gasteiger partial charge in [0, 0.05) is 12.1 Å². The van der Waals surface area contributed by atoms with Gasteiger partial charge in [0.15, 0.2) is 0 Å². The first-order chi connectivity index (χ1) is 6.74. The van der Waals surface area contributed by atoms with E-state index in [1.807, 2.05) is 0 Å². The Kier molecular flexibility index (Phi) is 3.60. The Balaban J connectivity index is 2.75. The van der Waals surface area contributed by atoms with Crippen LogP contribution in [0.5, 0.6) is 0 Å². The highest BCUT2D eigenvalue weighted by atomic mass is 16.6. The van der Waals surface area contributed by atoms with Gasteiger partial charge in [-0.05, 0) is 11.8 Å². The van der Waals surface area contributed by atoms with Gasteiger partial charge >= 0.3 is 6.09 Å². The molecule has 0 unspecified atom stereocenters. The molecule has 5 heteroatoms. The molecule has 1 aromatic rings. The number of amides is 1. The fourth-order valence-electron chi connectivity index (χ4n) is 0.840. The molecule has 0 spiro atoms. The molecule has 0 heterocycles. The van der Waals surface area contributed by atoms with Crippen LogP contribution < -0.4 is 0 Å². The number of hydrogen-bond acceptors (Lipinski definition) is 3. The van der Waals surface area contributed by atoms with Gasteiger partial charge in [-0.3, -0.25) is 0 Å². The lowest BCUT2D eigenvalue weighted by Crippen LogP contribution is -2.02. The fourth-order valence-corrected chi connectivity index (χ4v) is 0.840. The van der Waals surface area contributed by atoms with Crippen LogP contribution in [0.4, 0.5) is 10.5 Å². The largest absolute Gasteiger partial charge is 0.594 e. The second kappa shape index (κ2) is 4.96. The first-order valence-corrected chi connectivity index (χ1v) is 4.14. The summed E-state index contributed by atoms with van der Waals surface area (Å²) in [6.45, 7) is 1.84. The van der Waals surface area contributed by atoms with Crippen LogP contribution in [0.3, 0.4) is 0 Å². The van der Waals surface area contributed by atoms with E-state index in [1.165, 1.54) is 0 Å². The van der Waals surface area contributed by atoms with Crippen molar-refractivity contribution in [3.63, 3.8) is 0 Å².